The molecule has 0 spiro atoms. The second kappa shape index (κ2) is 4.75. The highest BCUT2D eigenvalue weighted by Crippen LogP contribution is 2.21. The molecule has 3 rings (SSSR count). The molecule has 19 heavy (non-hydrogen) atoms. The summed E-state index contributed by atoms with van der Waals surface area (Å²) in [5.41, 5.74) is 2.87. The molecule has 0 radical (unpaired) electrons. The highest BCUT2D eigenvalue weighted by atomic mass is 35.5. The van der Waals surface area contributed by atoms with Crippen LogP contribution in [0, 0.1) is 11.3 Å². The summed E-state index contributed by atoms with van der Waals surface area (Å²) in [5, 5.41) is 13.0. The average Bonchev–Trinajstić information content (AvgIpc) is 3.07. The molecular formula is C13H9ClN4O. The van der Waals surface area contributed by atoms with E-state index in [1.807, 2.05) is 16.7 Å². The fourth-order valence-electron chi connectivity index (χ4n) is 2.04. The molecular weight excluding hydrogens is 264 g/mol. The fraction of sp³-hybridized carbons (Fsp3) is 0.154. The lowest BCUT2D eigenvalue weighted by Gasteiger charge is -2.04. The van der Waals surface area contributed by atoms with Crippen LogP contribution in [-0.2, 0) is 12.4 Å². The number of fused-ring (bicyclic) bond motifs is 1. The third-order valence-corrected chi connectivity index (χ3v) is 3.15. The minimum absolute atomic E-state index is 0.275. The van der Waals surface area contributed by atoms with Gasteiger partial charge in [0.1, 0.15) is 29.4 Å². The molecule has 5 nitrogen and oxygen atoms in total. The lowest BCUT2D eigenvalue weighted by atomic mass is 10.2. The van der Waals surface area contributed by atoms with Crippen LogP contribution in [0.2, 0.25) is 0 Å². The summed E-state index contributed by atoms with van der Waals surface area (Å²) in [4.78, 5) is 4.43. The van der Waals surface area contributed by atoms with Crippen LogP contribution in [-0.4, -0.2) is 14.7 Å². The van der Waals surface area contributed by atoms with E-state index < -0.39 is 0 Å². The van der Waals surface area contributed by atoms with Gasteiger partial charge in [-0.05, 0) is 12.1 Å². The van der Waals surface area contributed by atoms with Gasteiger partial charge in [0.15, 0.2) is 0 Å². The van der Waals surface area contributed by atoms with Gasteiger partial charge in [0.25, 0.3) is 0 Å². The van der Waals surface area contributed by atoms with Gasteiger partial charge < -0.3 is 9.09 Å². The number of para-hydroxylation sites is 1. The Morgan fingerprint density at radius 3 is 2.95 bits per heavy atom. The van der Waals surface area contributed by atoms with Crippen molar-refractivity contribution in [1.82, 2.24) is 14.7 Å². The van der Waals surface area contributed by atoms with E-state index in [1.165, 1.54) is 6.26 Å². The molecule has 6 heteroatoms. The lowest BCUT2D eigenvalue weighted by Crippen LogP contribution is -2.03. The Bertz CT molecular complexity index is 755. The van der Waals surface area contributed by atoms with Crippen molar-refractivity contribution in [2.24, 2.45) is 0 Å². The number of nitriles is 1. The Hall–Kier alpha value is -2.32. The summed E-state index contributed by atoms with van der Waals surface area (Å²) in [6, 6.07) is 9.42. The third kappa shape index (κ3) is 1.96. The van der Waals surface area contributed by atoms with Crippen LogP contribution in [0.25, 0.3) is 11.0 Å². The summed E-state index contributed by atoms with van der Waals surface area (Å²) in [7, 11) is 0. The minimum atomic E-state index is 0.275. The first-order chi connectivity index (χ1) is 9.33. The third-order valence-electron chi connectivity index (χ3n) is 2.91. The van der Waals surface area contributed by atoms with E-state index in [-0.39, 0.29) is 5.88 Å². The van der Waals surface area contributed by atoms with Crippen LogP contribution >= 0.6 is 11.6 Å². The van der Waals surface area contributed by atoms with Crippen molar-refractivity contribution >= 4 is 22.6 Å². The predicted molar refractivity (Wildman–Crippen MR) is 69.6 cm³/mol. The highest BCUT2D eigenvalue weighted by Gasteiger charge is 2.13. The van der Waals surface area contributed by atoms with Gasteiger partial charge in [0.2, 0.25) is 0 Å². The SMILES string of the molecule is N#Cc1cccc2c1nc(CCl)n2Cc1ccon1. The number of halogens is 1. The van der Waals surface area contributed by atoms with E-state index in [2.05, 4.69) is 16.2 Å². The summed E-state index contributed by atoms with van der Waals surface area (Å²) < 4.78 is 6.77. The number of benzene rings is 1. The van der Waals surface area contributed by atoms with Crippen molar-refractivity contribution in [2.75, 3.05) is 0 Å². The monoisotopic (exact) mass is 272 g/mol. The smallest absolute Gasteiger partial charge is 0.125 e. The fourth-order valence-corrected chi connectivity index (χ4v) is 2.25. The molecule has 3 aromatic rings. The van der Waals surface area contributed by atoms with Gasteiger partial charge in [-0.1, -0.05) is 11.2 Å². The van der Waals surface area contributed by atoms with Crippen molar-refractivity contribution in [2.45, 2.75) is 12.4 Å². The van der Waals surface area contributed by atoms with E-state index in [0.717, 1.165) is 11.2 Å². The molecule has 0 N–H and O–H groups in total. The van der Waals surface area contributed by atoms with Crippen LogP contribution < -0.4 is 0 Å². The molecule has 0 aliphatic rings. The van der Waals surface area contributed by atoms with Crippen LogP contribution in [0.15, 0.2) is 35.1 Å². The van der Waals surface area contributed by atoms with Gasteiger partial charge in [-0.15, -0.1) is 11.6 Å². The Balaban J connectivity index is 2.19. The summed E-state index contributed by atoms with van der Waals surface area (Å²) in [6.07, 6.45) is 1.52. The zero-order chi connectivity index (χ0) is 13.2. The number of imidazole rings is 1. The number of nitrogens with zero attached hydrogens (tertiary/aromatic N) is 4. The largest absolute Gasteiger partial charge is 0.364 e. The average molecular weight is 273 g/mol. The van der Waals surface area contributed by atoms with Crippen molar-refractivity contribution in [3.05, 3.63) is 47.6 Å². The first-order valence-electron chi connectivity index (χ1n) is 5.67. The molecule has 0 aliphatic heterocycles. The van der Waals surface area contributed by atoms with Crippen LogP contribution in [0.5, 0.6) is 0 Å². The molecule has 0 unspecified atom stereocenters. The van der Waals surface area contributed by atoms with Crippen molar-refractivity contribution in [3.63, 3.8) is 0 Å². The molecule has 1 aromatic carbocycles. The summed E-state index contributed by atoms with van der Waals surface area (Å²) in [6.45, 7) is 0.518. The molecule has 0 saturated heterocycles. The first-order valence-corrected chi connectivity index (χ1v) is 6.20. The standard InChI is InChI=1S/C13H9ClN4O/c14-6-12-16-13-9(7-15)2-1-3-11(13)18(12)8-10-4-5-19-17-10/h1-5H,6,8H2. The molecule has 0 atom stereocenters. The van der Waals surface area contributed by atoms with Gasteiger partial charge in [-0.2, -0.15) is 5.26 Å². The second-order valence-corrected chi connectivity index (χ2v) is 4.29. The predicted octanol–water partition coefficient (Wildman–Crippen LogP) is 2.68. The van der Waals surface area contributed by atoms with E-state index in [1.54, 1.807) is 12.1 Å². The highest BCUT2D eigenvalue weighted by molar-refractivity contribution is 6.16. The quantitative estimate of drug-likeness (QED) is 0.688. The van der Waals surface area contributed by atoms with Crippen molar-refractivity contribution < 1.29 is 4.52 Å². The Kier molecular flexibility index (Phi) is 2.94. The van der Waals surface area contributed by atoms with Gasteiger partial charge in [-0.3, -0.25) is 0 Å². The maximum absolute atomic E-state index is 9.11. The Labute approximate surface area is 114 Å². The molecule has 0 aliphatic carbocycles. The number of hydrogen-bond donors (Lipinski definition) is 0. The number of hydrogen-bond acceptors (Lipinski definition) is 4. The molecule has 94 valence electrons. The zero-order valence-electron chi connectivity index (χ0n) is 9.88. The Morgan fingerprint density at radius 2 is 2.26 bits per heavy atom. The molecule has 2 aromatic heterocycles. The molecule has 0 fully saturated rings. The van der Waals surface area contributed by atoms with Gasteiger partial charge >= 0.3 is 0 Å². The van der Waals surface area contributed by atoms with E-state index in [9.17, 15) is 0 Å². The van der Waals surface area contributed by atoms with E-state index in [0.29, 0.717) is 23.4 Å². The maximum atomic E-state index is 9.11. The lowest BCUT2D eigenvalue weighted by molar-refractivity contribution is 0.409. The topological polar surface area (TPSA) is 67.6 Å². The number of aromatic nitrogens is 3. The second-order valence-electron chi connectivity index (χ2n) is 4.02. The first kappa shape index (κ1) is 11.8. The Morgan fingerprint density at radius 1 is 1.37 bits per heavy atom. The van der Waals surface area contributed by atoms with E-state index in [4.69, 9.17) is 21.4 Å². The van der Waals surface area contributed by atoms with Gasteiger partial charge in [0.05, 0.1) is 23.5 Å². The number of alkyl halides is 1. The molecule has 0 bridgehead atoms. The van der Waals surface area contributed by atoms with E-state index >= 15 is 0 Å². The summed E-state index contributed by atoms with van der Waals surface area (Å²) >= 11 is 5.93. The molecule has 0 amide bonds. The van der Waals surface area contributed by atoms with Crippen LogP contribution in [0.1, 0.15) is 17.1 Å². The summed E-state index contributed by atoms with van der Waals surface area (Å²) in [5.74, 6) is 0.986. The molecule has 0 saturated carbocycles. The maximum Gasteiger partial charge on any atom is 0.125 e. The van der Waals surface area contributed by atoms with Gasteiger partial charge in [-0.25, -0.2) is 4.98 Å². The number of rotatable bonds is 3. The van der Waals surface area contributed by atoms with Crippen LogP contribution in [0.4, 0.5) is 0 Å². The van der Waals surface area contributed by atoms with Gasteiger partial charge in [0, 0.05) is 6.07 Å². The van der Waals surface area contributed by atoms with Crippen LogP contribution in [0.3, 0.4) is 0 Å². The molecule has 2 heterocycles. The minimum Gasteiger partial charge on any atom is -0.364 e. The van der Waals surface area contributed by atoms with Crippen molar-refractivity contribution in [3.8, 4) is 6.07 Å². The zero-order valence-corrected chi connectivity index (χ0v) is 10.6. The normalized spacial score (nSPS) is 10.7. The van der Waals surface area contributed by atoms with Crippen molar-refractivity contribution in [1.29, 1.82) is 5.26 Å².